The lowest BCUT2D eigenvalue weighted by atomic mass is 10.2. The summed E-state index contributed by atoms with van der Waals surface area (Å²) in [5.74, 6) is -0.497. The van der Waals surface area contributed by atoms with Crippen molar-refractivity contribution in [1.29, 1.82) is 0 Å². The Labute approximate surface area is 237 Å². The molecule has 204 valence electrons. The fourth-order valence-electron chi connectivity index (χ4n) is 2.51. The number of amides is 1. The van der Waals surface area contributed by atoms with Crippen molar-refractivity contribution >= 4 is 69.6 Å². The van der Waals surface area contributed by atoms with E-state index in [-0.39, 0.29) is 38.8 Å². The normalized spacial score (nSPS) is 11.3. The van der Waals surface area contributed by atoms with E-state index in [2.05, 4.69) is 31.0 Å². The topological polar surface area (TPSA) is 134 Å². The van der Waals surface area contributed by atoms with E-state index in [1.165, 1.54) is 30.5 Å². The van der Waals surface area contributed by atoms with Crippen LogP contribution >= 0.6 is 57.7 Å². The maximum absolute atomic E-state index is 12.5. The number of rotatable bonds is 6. The van der Waals surface area contributed by atoms with Crippen LogP contribution in [0.3, 0.4) is 0 Å². The average molecular weight is 633 g/mol. The Balaban J connectivity index is 0.000000293. The predicted molar refractivity (Wildman–Crippen MR) is 139 cm³/mol. The Morgan fingerprint density at radius 3 is 2.24 bits per heavy atom. The second-order valence-electron chi connectivity index (χ2n) is 6.80. The highest BCUT2D eigenvalue weighted by atomic mass is 35.5. The second-order valence-corrected chi connectivity index (χ2v) is 9.72. The monoisotopic (exact) mass is 631 g/mol. The summed E-state index contributed by atoms with van der Waals surface area (Å²) in [6.45, 7) is 0.218. The van der Waals surface area contributed by atoms with Gasteiger partial charge in [0.05, 0.1) is 45.0 Å². The van der Waals surface area contributed by atoms with Crippen molar-refractivity contribution in [2.24, 2.45) is 5.10 Å². The number of benzene rings is 1. The first-order valence-corrected chi connectivity index (χ1v) is 12.3. The molecule has 2 heterocycles. The number of hydrogen-bond acceptors (Lipinski definition) is 6. The standard InChI is InChI=1S/C14H8Cl3F3N2O.C6H8ClN5O2S/c15-8-2-1-3-9(16)12(8)13(23)22-6-11-10(17)4-7(5-21-11)14(18,19)20;1-8-6(11-12(13)14)10-3-4-2-9-5(7)15-4/h1-5H,6H2,(H,22,23);2H,3H2,1H3,(H2,8,10,11). The molecule has 0 saturated heterocycles. The maximum Gasteiger partial charge on any atom is 0.417 e. The van der Waals surface area contributed by atoms with Crippen LogP contribution in [0.2, 0.25) is 19.5 Å². The third kappa shape index (κ3) is 9.76. The zero-order valence-corrected chi connectivity index (χ0v) is 22.8. The zero-order chi connectivity index (χ0) is 28.5. The van der Waals surface area contributed by atoms with E-state index in [1.807, 2.05) is 0 Å². The lowest BCUT2D eigenvalue weighted by Crippen LogP contribution is -2.34. The number of nitrogens with zero attached hydrogens (tertiary/aromatic N) is 4. The van der Waals surface area contributed by atoms with E-state index in [0.717, 1.165) is 10.9 Å². The number of thiazole rings is 1. The molecule has 0 fully saturated rings. The van der Waals surface area contributed by atoms with Crippen LogP contribution in [-0.2, 0) is 19.3 Å². The summed E-state index contributed by atoms with van der Waals surface area (Å²) in [6, 6.07) is 5.31. The summed E-state index contributed by atoms with van der Waals surface area (Å²) in [5, 5.41) is 20.3. The number of nitrogens with one attached hydrogen (secondary N) is 3. The molecule has 0 radical (unpaired) electrons. The van der Waals surface area contributed by atoms with Crippen LogP contribution < -0.4 is 16.0 Å². The third-order valence-electron chi connectivity index (χ3n) is 4.22. The van der Waals surface area contributed by atoms with Gasteiger partial charge in [0.15, 0.2) is 9.50 Å². The molecule has 38 heavy (non-hydrogen) atoms. The van der Waals surface area contributed by atoms with Crippen LogP contribution in [0.1, 0.15) is 26.5 Å². The number of halogens is 7. The van der Waals surface area contributed by atoms with Crippen molar-refractivity contribution in [3.05, 3.63) is 88.0 Å². The number of guanidine groups is 1. The lowest BCUT2D eigenvalue weighted by Gasteiger charge is -2.11. The fraction of sp³-hybridized carbons (Fsp3) is 0.200. The Hall–Kier alpha value is -2.91. The largest absolute Gasteiger partial charge is 0.417 e. The zero-order valence-electron chi connectivity index (χ0n) is 18.9. The highest BCUT2D eigenvalue weighted by Gasteiger charge is 2.31. The summed E-state index contributed by atoms with van der Waals surface area (Å²) in [5.41, 5.74) is -0.804. The molecule has 0 aliphatic carbocycles. The van der Waals surface area contributed by atoms with E-state index in [0.29, 0.717) is 17.2 Å². The van der Waals surface area contributed by atoms with Gasteiger partial charge in [0.1, 0.15) is 5.10 Å². The third-order valence-corrected chi connectivity index (χ3v) is 6.30. The molecule has 1 aromatic carbocycles. The second kappa shape index (κ2) is 14.3. The SMILES string of the molecule is CN/C(=N\[N+](=O)[O-])NCc1cnc(Cl)s1.O=C(NCc1ncc(C(F)(F)F)cc1Cl)c1c(Cl)cccc1Cl. The van der Waals surface area contributed by atoms with Gasteiger partial charge in [0.25, 0.3) is 11.9 Å². The van der Waals surface area contributed by atoms with E-state index in [4.69, 9.17) is 46.4 Å². The molecular formula is C20H16Cl4F3N7O3S. The number of hydrogen-bond donors (Lipinski definition) is 3. The molecule has 0 saturated carbocycles. The van der Waals surface area contributed by atoms with Gasteiger partial charge in [0.2, 0.25) is 0 Å². The van der Waals surface area contributed by atoms with Crippen molar-refractivity contribution in [3.8, 4) is 0 Å². The molecule has 0 unspecified atom stereocenters. The van der Waals surface area contributed by atoms with Crippen LogP contribution in [-0.4, -0.2) is 33.9 Å². The minimum Gasteiger partial charge on any atom is -0.354 e. The summed E-state index contributed by atoms with van der Waals surface area (Å²) in [4.78, 5) is 30.5. The molecule has 0 aliphatic rings. The molecule has 0 aliphatic heterocycles. The molecule has 18 heteroatoms. The molecule has 1 amide bonds. The number of carbonyl (C=O) groups excluding carboxylic acids is 1. The average Bonchev–Trinajstić information content (AvgIpc) is 3.25. The lowest BCUT2D eigenvalue weighted by molar-refractivity contribution is -0.485. The van der Waals surface area contributed by atoms with Crippen molar-refractivity contribution in [1.82, 2.24) is 25.9 Å². The summed E-state index contributed by atoms with van der Waals surface area (Å²) in [6.07, 6.45) is -2.29. The quantitative estimate of drug-likeness (QED) is 0.138. The van der Waals surface area contributed by atoms with Gasteiger partial charge in [-0.2, -0.15) is 13.2 Å². The number of alkyl halides is 3. The fourth-order valence-corrected chi connectivity index (χ4v) is 4.23. The number of carbonyl (C=O) groups is 1. The molecule has 2 aromatic heterocycles. The predicted octanol–water partition coefficient (Wildman–Crippen LogP) is 5.64. The Morgan fingerprint density at radius 2 is 1.74 bits per heavy atom. The number of aromatic nitrogens is 2. The van der Waals surface area contributed by atoms with E-state index in [9.17, 15) is 28.1 Å². The highest BCUT2D eigenvalue weighted by Crippen LogP contribution is 2.31. The minimum atomic E-state index is -4.54. The molecule has 3 aromatic rings. The minimum absolute atomic E-state index is 0.0684. The molecule has 0 atom stereocenters. The smallest absolute Gasteiger partial charge is 0.354 e. The van der Waals surface area contributed by atoms with Crippen LogP contribution in [0, 0.1) is 10.1 Å². The van der Waals surface area contributed by atoms with Crippen LogP contribution in [0.15, 0.2) is 41.8 Å². The van der Waals surface area contributed by atoms with Crippen molar-refractivity contribution < 1.29 is 23.0 Å². The van der Waals surface area contributed by atoms with Gasteiger partial charge in [-0.3, -0.25) is 9.78 Å². The molecule has 3 rings (SSSR count). The van der Waals surface area contributed by atoms with Gasteiger partial charge in [-0.1, -0.05) is 52.5 Å². The van der Waals surface area contributed by atoms with Crippen LogP contribution in [0.25, 0.3) is 0 Å². The Morgan fingerprint density at radius 1 is 1.08 bits per heavy atom. The first-order valence-electron chi connectivity index (χ1n) is 10.0. The summed E-state index contributed by atoms with van der Waals surface area (Å²) < 4.78 is 38.0. The molecule has 0 spiro atoms. The van der Waals surface area contributed by atoms with Gasteiger partial charge in [0, 0.05) is 24.3 Å². The van der Waals surface area contributed by atoms with Crippen molar-refractivity contribution in [2.45, 2.75) is 19.3 Å². The van der Waals surface area contributed by atoms with Crippen molar-refractivity contribution in [3.63, 3.8) is 0 Å². The molecule has 0 bridgehead atoms. The molecular weight excluding hydrogens is 617 g/mol. The Bertz CT molecular complexity index is 1310. The highest BCUT2D eigenvalue weighted by molar-refractivity contribution is 7.15. The number of hydrazone groups is 1. The van der Waals surface area contributed by atoms with E-state index in [1.54, 1.807) is 12.3 Å². The summed E-state index contributed by atoms with van der Waals surface area (Å²) >= 11 is 24.5. The van der Waals surface area contributed by atoms with Gasteiger partial charge in [-0.05, 0) is 18.2 Å². The molecule has 3 N–H and O–H groups in total. The van der Waals surface area contributed by atoms with Crippen LogP contribution in [0.4, 0.5) is 13.2 Å². The van der Waals surface area contributed by atoms with Gasteiger partial charge < -0.3 is 16.0 Å². The van der Waals surface area contributed by atoms with Crippen LogP contribution in [0.5, 0.6) is 0 Å². The first-order chi connectivity index (χ1) is 17.8. The van der Waals surface area contributed by atoms with Gasteiger partial charge in [-0.25, -0.2) is 15.1 Å². The number of pyridine rings is 1. The Kier molecular flexibility index (Phi) is 11.8. The maximum atomic E-state index is 12.5. The molecule has 10 nitrogen and oxygen atoms in total. The van der Waals surface area contributed by atoms with Gasteiger partial charge >= 0.3 is 6.18 Å². The van der Waals surface area contributed by atoms with Gasteiger partial charge in [-0.15, -0.1) is 11.3 Å². The number of nitro groups is 1. The van der Waals surface area contributed by atoms with E-state index >= 15 is 0 Å². The van der Waals surface area contributed by atoms with Crippen molar-refractivity contribution in [2.75, 3.05) is 7.05 Å². The first kappa shape index (κ1) is 31.3. The summed E-state index contributed by atoms with van der Waals surface area (Å²) in [7, 11) is 1.54. The van der Waals surface area contributed by atoms with E-state index < -0.39 is 22.7 Å².